The Labute approximate surface area is 162 Å². The number of aromatic nitrogens is 4. The number of alkyl halides is 1. The molecule has 0 bridgehead atoms. The summed E-state index contributed by atoms with van der Waals surface area (Å²) in [7, 11) is 0. The topological polar surface area (TPSA) is 119 Å². The molecule has 0 saturated carbocycles. The molecule has 2 aromatic heterocycles. The predicted molar refractivity (Wildman–Crippen MR) is 97.2 cm³/mol. The van der Waals surface area contributed by atoms with E-state index in [1.807, 2.05) is 6.07 Å². The van der Waals surface area contributed by atoms with E-state index in [4.69, 9.17) is 22.1 Å². The largest absolute Gasteiger partial charge is 0.394 e. The lowest BCUT2D eigenvalue weighted by Crippen LogP contribution is -2.30. The number of fused-ring (bicyclic) bond motifs is 1. The normalized spacial score (nSPS) is 25.3. The average Bonchev–Trinajstić information content (AvgIpc) is 3.14. The Balaban J connectivity index is 1.80. The molecule has 8 nitrogen and oxygen atoms in total. The molecule has 4 N–H and O–H groups in total. The fraction of sp³-hybridized carbons (Fsp3) is 0.312. The van der Waals surface area contributed by atoms with Gasteiger partial charge in [-0.3, -0.25) is 0 Å². The lowest BCUT2D eigenvalue weighted by molar-refractivity contribution is -0.0509. The van der Waals surface area contributed by atoms with Crippen molar-refractivity contribution < 1.29 is 19.3 Å². The molecule has 4 atom stereocenters. The highest BCUT2D eigenvalue weighted by atomic mass is 35.5. The first-order chi connectivity index (χ1) is 13.0. The number of rotatable bonds is 4. The SMILES string of the molecule is Nc1ncnc2c1c(Sc1cccc(Cl)c1)nn2[C@@H]1O[C@H](CO)[C@@H](O)C1F. The van der Waals surface area contributed by atoms with Gasteiger partial charge in [-0.05, 0) is 18.2 Å². The van der Waals surface area contributed by atoms with Gasteiger partial charge in [0.05, 0.1) is 12.0 Å². The van der Waals surface area contributed by atoms with Crippen LogP contribution in [0, 0.1) is 0 Å². The Morgan fingerprint density at radius 3 is 2.89 bits per heavy atom. The van der Waals surface area contributed by atoms with Crippen molar-refractivity contribution in [1.82, 2.24) is 19.7 Å². The number of aliphatic hydroxyl groups excluding tert-OH is 2. The van der Waals surface area contributed by atoms with Crippen molar-refractivity contribution in [3.8, 4) is 0 Å². The molecule has 0 radical (unpaired) electrons. The van der Waals surface area contributed by atoms with Gasteiger partial charge in [-0.1, -0.05) is 29.4 Å². The Morgan fingerprint density at radius 1 is 1.37 bits per heavy atom. The molecule has 0 aliphatic carbocycles. The van der Waals surface area contributed by atoms with E-state index in [1.54, 1.807) is 18.2 Å². The molecule has 4 rings (SSSR count). The fourth-order valence-corrected chi connectivity index (χ4v) is 4.14. The number of hydrogen-bond donors (Lipinski definition) is 3. The summed E-state index contributed by atoms with van der Waals surface area (Å²) in [5.74, 6) is 0.184. The van der Waals surface area contributed by atoms with E-state index in [2.05, 4.69) is 15.1 Å². The summed E-state index contributed by atoms with van der Waals surface area (Å²) in [5.41, 5.74) is 6.27. The van der Waals surface area contributed by atoms with Gasteiger partial charge in [-0.25, -0.2) is 19.0 Å². The van der Waals surface area contributed by atoms with E-state index in [9.17, 15) is 14.6 Å². The molecule has 3 heterocycles. The molecule has 1 aliphatic rings. The third-order valence-electron chi connectivity index (χ3n) is 4.21. The molecule has 142 valence electrons. The van der Waals surface area contributed by atoms with Crippen LogP contribution in [0.1, 0.15) is 6.23 Å². The smallest absolute Gasteiger partial charge is 0.186 e. The maximum Gasteiger partial charge on any atom is 0.186 e. The van der Waals surface area contributed by atoms with E-state index in [1.165, 1.54) is 22.8 Å². The number of halogens is 2. The molecule has 1 fully saturated rings. The number of hydrogen-bond acceptors (Lipinski definition) is 8. The van der Waals surface area contributed by atoms with Crippen LogP contribution in [0.4, 0.5) is 10.2 Å². The number of aliphatic hydroxyl groups is 2. The summed E-state index contributed by atoms with van der Waals surface area (Å²) >= 11 is 7.29. The highest BCUT2D eigenvalue weighted by molar-refractivity contribution is 7.99. The second-order valence-corrected chi connectivity index (χ2v) is 7.45. The zero-order valence-electron chi connectivity index (χ0n) is 13.7. The van der Waals surface area contributed by atoms with Crippen LogP contribution in [0.5, 0.6) is 0 Å². The number of nitrogens with zero attached hydrogens (tertiary/aromatic N) is 4. The van der Waals surface area contributed by atoms with Crippen molar-refractivity contribution in [2.75, 3.05) is 12.3 Å². The van der Waals surface area contributed by atoms with E-state index >= 15 is 0 Å². The van der Waals surface area contributed by atoms with Crippen molar-refractivity contribution in [3.63, 3.8) is 0 Å². The summed E-state index contributed by atoms with van der Waals surface area (Å²) in [5, 5.41) is 25.0. The molecule has 1 saturated heterocycles. The van der Waals surface area contributed by atoms with Gasteiger partial charge in [-0.15, -0.1) is 0 Å². The first-order valence-electron chi connectivity index (χ1n) is 8.00. The van der Waals surface area contributed by atoms with Gasteiger partial charge >= 0.3 is 0 Å². The van der Waals surface area contributed by atoms with Crippen molar-refractivity contribution in [3.05, 3.63) is 35.6 Å². The van der Waals surface area contributed by atoms with E-state index in [0.29, 0.717) is 15.4 Å². The number of anilines is 1. The molecule has 3 aromatic rings. The molecule has 1 aliphatic heterocycles. The highest BCUT2D eigenvalue weighted by Crippen LogP contribution is 2.39. The average molecular weight is 412 g/mol. The van der Waals surface area contributed by atoms with Gasteiger partial charge < -0.3 is 20.7 Å². The molecule has 1 unspecified atom stereocenters. The number of nitrogen functional groups attached to an aromatic ring is 1. The standard InChI is InChI=1S/C16H15ClFN5O3S/c17-7-2-1-3-8(4-7)27-15-10-13(19)20-6-21-14(10)23(22-15)16-11(18)12(25)9(5-24)26-16/h1-4,6,9,11-12,16,24-25H,5H2,(H2,19,20,21)/t9-,11?,12-,16-/m1/s1. The zero-order chi connectivity index (χ0) is 19.1. The van der Waals surface area contributed by atoms with Crippen LogP contribution in [-0.2, 0) is 4.74 Å². The molecule has 11 heteroatoms. The number of nitrogens with two attached hydrogens (primary N) is 1. The highest BCUT2D eigenvalue weighted by Gasteiger charge is 2.46. The van der Waals surface area contributed by atoms with Crippen LogP contribution in [-0.4, -0.2) is 54.9 Å². The first kappa shape index (κ1) is 18.4. The van der Waals surface area contributed by atoms with Gasteiger partial charge in [0.25, 0.3) is 0 Å². The lowest BCUT2D eigenvalue weighted by Gasteiger charge is -2.13. The Hall–Kier alpha value is -1.98. The summed E-state index contributed by atoms with van der Waals surface area (Å²) in [6.07, 6.45) is -4.31. The molecular weight excluding hydrogens is 397 g/mol. The van der Waals surface area contributed by atoms with E-state index < -0.39 is 31.2 Å². The summed E-state index contributed by atoms with van der Waals surface area (Å²) < 4.78 is 21.2. The van der Waals surface area contributed by atoms with Crippen LogP contribution >= 0.6 is 23.4 Å². The third-order valence-corrected chi connectivity index (χ3v) is 5.42. The molecular formula is C16H15ClFN5O3S. The van der Waals surface area contributed by atoms with Crippen LogP contribution in [0.15, 0.2) is 40.5 Å². The Bertz CT molecular complexity index is 990. The van der Waals surface area contributed by atoms with Crippen molar-refractivity contribution in [1.29, 1.82) is 0 Å². The maximum absolute atomic E-state index is 14.6. The molecule has 0 amide bonds. The summed E-state index contributed by atoms with van der Waals surface area (Å²) in [4.78, 5) is 8.94. The fourth-order valence-electron chi connectivity index (χ4n) is 2.91. The Morgan fingerprint density at radius 2 is 2.19 bits per heavy atom. The minimum absolute atomic E-state index is 0.184. The van der Waals surface area contributed by atoms with Crippen LogP contribution in [0.3, 0.4) is 0 Å². The minimum Gasteiger partial charge on any atom is -0.394 e. The predicted octanol–water partition coefficient (Wildman–Crippen LogP) is 1.80. The van der Waals surface area contributed by atoms with Gasteiger partial charge in [0.1, 0.15) is 29.4 Å². The summed E-state index contributed by atoms with van der Waals surface area (Å²) in [6.45, 7) is -0.515. The first-order valence-corrected chi connectivity index (χ1v) is 9.19. The quantitative estimate of drug-likeness (QED) is 0.594. The number of benzene rings is 1. The van der Waals surface area contributed by atoms with Crippen LogP contribution < -0.4 is 5.73 Å². The van der Waals surface area contributed by atoms with E-state index in [-0.39, 0.29) is 11.5 Å². The van der Waals surface area contributed by atoms with Gasteiger partial charge in [0.15, 0.2) is 18.0 Å². The second-order valence-electron chi connectivity index (χ2n) is 5.95. The molecule has 1 aromatic carbocycles. The van der Waals surface area contributed by atoms with Gasteiger partial charge in [0, 0.05) is 9.92 Å². The molecule has 27 heavy (non-hydrogen) atoms. The second kappa shape index (κ2) is 7.21. The summed E-state index contributed by atoms with van der Waals surface area (Å²) in [6, 6.07) is 7.14. The van der Waals surface area contributed by atoms with Gasteiger partial charge in [0.2, 0.25) is 0 Å². The van der Waals surface area contributed by atoms with E-state index in [0.717, 1.165) is 4.90 Å². The Kier molecular flexibility index (Phi) is 4.91. The molecule has 0 spiro atoms. The van der Waals surface area contributed by atoms with Crippen molar-refractivity contribution in [2.45, 2.75) is 34.5 Å². The zero-order valence-corrected chi connectivity index (χ0v) is 15.3. The van der Waals surface area contributed by atoms with Crippen LogP contribution in [0.2, 0.25) is 5.02 Å². The van der Waals surface area contributed by atoms with Crippen LogP contribution in [0.25, 0.3) is 11.0 Å². The van der Waals surface area contributed by atoms with Crippen molar-refractivity contribution in [2.24, 2.45) is 0 Å². The lowest BCUT2D eigenvalue weighted by atomic mass is 10.1. The van der Waals surface area contributed by atoms with Gasteiger partial charge in [-0.2, -0.15) is 5.10 Å². The number of ether oxygens (including phenoxy) is 1. The van der Waals surface area contributed by atoms with Crippen molar-refractivity contribution >= 4 is 40.2 Å². The third kappa shape index (κ3) is 3.23. The monoisotopic (exact) mass is 411 g/mol. The minimum atomic E-state index is -1.79. The maximum atomic E-state index is 14.6.